The lowest BCUT2D eigenvalue weighted by Crippen LogP contribution is -2.47. The molecular weight excluding hydrogens is 422 g/mol. The summed E-state index contributed by atoms with van der Waals surface area (Å²) in [6.07, 6.45) is -8.08. The van der Waals surface area contributed by atoms with E-state index in [2.05, 4.69) is 39.4 Å². The first-order valence-corrected chi connectivity index (χ1v) is 11.1. The Balaban J connectivity index is 0.000000590. The molecule has 0 heterocycles. The smallest absolute Gasteiger partial charge is 0.434 e. The molecule has 1 aliphatic rings. The predicted octanol–water partition coefficient (Wildman–Crippen LogP) is 8.34. The van der Waals surface area contributed by atoms with E-state index in [0.29, 0.717) is 5.41 Å². The maximum absolute atomic E-state index is 12.1. The molecule has 1 rings (SSSR count). The van der Waals surface area contributed by atoms with Gasteiger partial charge >= 0.3 is 18.3 Å². The highest BCUT2D eigenvalue weighted by Gasteiger charge is 2.60. The fourth-order valence-electron chi connectivity index (χ4n) is 3.62. The summed E-state index contributed by atoms with van der Waals surface area (Å²) >= 11 is 0. The van der Waals surface area contributed by atoms with Crippen molar-refractivity contribution in [1.82, 2.24) is 0 Å². The van der Waals surface area contributed by atoms with Crippen molar-refractivity contribution in [1.29, 1.82) is 0 Å². The highest BCUT2D eigenvalue weighted by Crippen LogP contribution is 2.42. The molecule has 0 aromatic heterocycles. The summed E-state index contributed by atoms with van der Waals surface area (Å²) < 4.78 is 76.0. The van der Waals surface area contributed by atoms with Crippen LogP contribution in [0.15, 0.2) is 0 Å². The molecule has 1 saturated carbocycles. The molecule has 0 saturated heterocycles. The Morgan fingerprint density at radius 2 is 1.29 bits per heavy atom. The van der Waals surface area contributed by atoms with Crippen molar-refractivity contribution in [3.8, 4) is 0 Å². The fraction of sp³-hybridized carbons (Fsp3) is 0.957. The van der Waals surface area contributed by atoms with Crippen LogP contribution >= 0.6 is 0 Å². The van der Waals surface area contributed by atoms with Gasteiger partial charge in [-0.05, 0) is 69.1 Å². The van der Waals surface area contributed by atoms with E-state index in [4.69, 9.17) is 0 Å². The van der Waals surface area contributed by atoms with Crippen LogP contribution in [-0.2, 0) is 9.53 Å². The third-order valence-corrected chi connectivity index (χ3v) is 6.70. The predicted molar refractivity (Wildman–Crippen MR) is 110 cm³/mol. The van der Waals surface area contributed by atoms with E-state index in [0.717, 1.165) is 17.8 Å². The molecular formula is C23H40F6O2. The molecule has 1 aliphatic carbocycles. The van der Waals surface area contributed by atoms with Gasteiger partial charge in [-0.15, -0.1) is 0 Å². The van der Waals surface area contributed by atoms with E-state index < -0.39 is 29.8 Å². The Morgan fingerprint density at radius 1 is 0.871 bits per heavy atom. The first-order valence-electron chi connectivity index (χ1n) is 11.1. The number of hydrogen-bond acceptors (Lipinski definition) is 2. The minimum Gasteiger partial charge on any atom is -0.442 e. The van der Waals surface area contributed by atoms with Crippen molar-refractivity contribution in [2.75, 3.05) is 0 Å². The average molecular weight is 463 g/mol. The zero-order valence-corrected chi connectivity index (χ0v) is 20.1. The number of halogens is 6. The lowest BCUT2D eigenvalue weighted by atomic mass is 9.67. The Hall–Kier alpha value is -0.950. The first kappa shape index (κ1) is 30.0. The largest absolute Gasteiger partial charge is 0.442 e. The quantitative estimate of drug-likeness (QED) is 0.303. The van der Waals surface area contributed by atoms with Crippen molar-refractivity contribution in [3.63, 3.8) is 0 Å². The molecule has 0 radical (unpaired) electrons. The highest BCUT2D eigenvalue weighted by atomic mass is 19.4. The highest BCUT2D eigenvalue weighted by molar-refractivity contribution is 5.76. The molecule has 0 bridgehead atoms. The first-order chi connectivity index (χ1) is 13.8. The maximum atomic E-state index is 12.1. The van der Waals surface area contributed by atoms with Crippen LogP contribution in [0.5, 0.6) is 0 Å². The van der Waals surface area contributed by atoms with Gasteiger partial charge in [-0.3, -0.25) is 4.79 Å². The number of hydrogen-bond donors (Lipinski definition) is 0. The Kier molecular flexibility index (Phi) is 10.9. The van der Waals surface area contributed by atoms with Crippen LogP contribution < -0.4 is 0 Å². The van der Waals surface area contributed by atoms with Gasteiger partial charge in [-0.25, -0.2) is 0 Å². The van der Waals surface area contributed by atoms with Crippen molar-refractivity contribution >= 4 is 5.97 Å². The van der Waals surface area contributed by atoms with Crippen molar-refractivity contribution in [2.45, 2.75) is 112 Å². The van der Waals surface area contributed by atoms with Crippen LogP contribution in [0.1, 0.15) is 93.9 Å². The Bertz CT molecular complexity index is 524. The summed E-state index contributed by atoms with van der Waals surface area (Å²) in [4.78, 5) is 11.2. The van der Waals surface area contributed by atoms with Gasteiger partial charge in [0, 0.05) is 0 Å². The van der Waals surface area contributed by atoms with E-state index in [1.165, 1.54) is 52.9 Å². The Labute approximate surface area is 183 Å². The van der Waals surface area contributed by atoms with Crippen LogP contribution in [0, 0.1) is 28.6 Å². The van der Waals surface area contributed by atoms with Gasteiger partial charge in [-0.2, -0.15) is 26.3 Å². The SMILES string of the molecule is CCC(C)(C)C(=O)OC(C(F)(F)F)C(F)(F)F.CCC(C)C1CCC(C(C)(C)C)CC1. The van der Waals surface area contributed by atoms with Crippen LogP contribution in [0.2, 0.25) is 0 Å². The van der Waals surface area contributed by atoms with Gasteiger partial charge in [-0.1, -0.05) is 48.0 Å². The van der Waals surface area contributed by atoms with Crippen molar-refractivity contribution < 1.29 is 35.9 Å². The Morgan fingerprint density at radius 3 is 1.58 bits per heavy atom. The molecule has 0 aromatic rings. The van der Waals surface area contributed by atoms with Crippen LogP contribution in [0.4, 0.5) is 26.3 Å². The summed E-state index contributed by atoms with van der Waals surface area (Å²) in [6.45, 7) is 15.8. The van der Waals surface area contributed by atoms with Crippen LogP contribution in [-0.4, -0.2) is 24.4 Å². The molecule has 1 atom stereocenters. The summed E-state index contributed by atoms with van der Waals surface area (Å²) in [5.41, 5.74) is -0.852. The normalized spacial score (nSPS) is 21.9. The standard InChI is InChI=1S/C14H28.C9H12F6O2/c1-6-11(2)12-7-9-13(10-8-12)14(3,4)5;1-4-7(2,3)6(16)17-5(8(10,11)12)9(13,14)15/h11-13H,6-10H2,1-5H3;5H,4H2,1-3H3. The van der Waals surface area contributed by atoms with E-state index >= 15 is 0 Å². The lowest BCUT2D eigenvalue weighted by Gasteiger charge is -2.38. The number of carbonyl (C=O) groups is 1. The fourth-order valence-corrected chi connectivity index (χ4v) is 3.62. The molecule has 0 N–H and O–H groups in total. The average Bonchev–Trinajstić information content (AvgIpc) is 2.63. The molecule has 1 fully saturated rings. The van der Waals surface area contributed by atoms with Gasteiger partial charge in [0.05, 0.1) is 5.41 Å². The monoisotopic (exact) mass is 462 g/mol. The topological polar surface area (TPSA) is 26.3 Å². The molecule has 31 heavy (non-hydrogen) atoms. The number of carbonyl (C=O) groups excluding carboxylic acids is 1. The maximum Gasteiger partial charge on any atom is 0.434 e. The van der Waals surface area contributed by atoms with Gasteiger partial charge in [0.1, 0.15) is 0 Å². The number of esters is 1. The number of ether oxygens (including phenoxy) is 1. The van der Waals surface area contributed by atoms with Gasteiger partial charge in [0.15, 0.2) is 0 Å². The van der Waals surface area contributed by atoms with E-state index in [1.54, 1.807) is 0 Å². The number of alkyl halides is 6. The van der Waals surface area contributed by atoms with Crippen LogP contribution in [0.25, 0.3) is 0 Å². The lowest BCUT2D eigenvalue weighted by molar-refractivity contribution is -0.315. The minimum absolute atomic E-state index is 0.0638. The zero-order valence-electron chi connectivity index (χ0n) is 20.1. The summed E-state index contributed by atoms with van der Waals surface area (Å²) in [5, 5.41) is 0. The summed E-state index contributed by atoms with van der Waals surface area (Å²) in [5.74, 6) is 1.43. The van der Waals surface area contributed by atoms with Gasteiger partial charge in [0.2, 0.25) is 0 Å². The molecule has 1 unspecified atom stereocenters. The zero-order chi connectivity index (χ0) is 24.8. The second-order valence-electron chi connectivity index (χ2n) is 10.5. The summed E-state index contributed by atoms with van der Waals surface area (Å²) in [6, 6.07) is 0. The van der Waals surface area contributed by atoms with E-state index in [1.807, 2.05) is 0 Å². The summed E-state index contributed by atoms with van der Waals surface area (Å²) in [7, 11) is 0. The minimum atomic E-state index is -5.67. The van der Waals surface area contributed by atoms with Crippen molar-refractivity contribution in [2.24, 2.45) is 28.6 Å². The molecule has 0 spiro atoms. The second-order valence-corrected chi connectivity index (χ2v) is 10.5. The molecule has 0 aliphatic heterocycles. The van der Waals surface area contributed by atoms with Gasteiger partial charge in [0.25, 0.3) is 6.10 Å². The van der Waals surface area contributed by atoms with E-state index in [9.17, 15) is 31.1 Å². The third-order valence-electron chi connectivity index (χ3n) is 6.70. The third kappa shape index (κ3) is 10.0. The van der Waals surface area contributed by atoms with E-state index in [-0.39, 0.29) is 6.42 Å². The molecule has 0 aromatic carbocycles. The number of rotatable bonds is 5. The second kappa shape index (κ2) is 11.3. The van der Waals surface area contributed by atoms with Crippen molar-refractivity contribution in [3.05, 3.63) is 0 Å². The molecule has 186 valence electrons. The molecule has 0 amide bonds. The molecule has 8 heteroatoms. The van der Waals surface area contributed by atoms with Gasteiger partial charge < -0.3 is 4.74 Å². The molecule has 2 nitrogen and oxygen atoms in total. The van der Waals surface area contributed by atoms with Crippen LogP contribution in [0.3, 0.4) is 0 Å².